The molecule has 1 aromatic heterocycles. The fraction of sp³-hybridized carbons (Fsp3) is 0.100. The quantitative estimate of drug-likeness (QED) is 0.534. The summed E-state index contributed by atoms with van der Waals surface area (Å²) in [5.41, 5.74) is 4.48. The van der Waals surface area contributed by atoms with Crippen LogP contribution in [0.1, 0.15) is 9.75 Å². The summed E-state index contributed by atoms with van der Waals surface area (Å²) in [5.74, 6) is 0.370. The minimum Gasteiger partial charge on any atom is -0.483 e. The van der Waals surface area contributed by atoms with Gasteiger partial charge < -0.3 is 4.74 Å². The summed E-state index contributed by atoms with van der Waals surface area (Å²) in [4.78, 5) is 14.1. The largest absolute Gasteiger partial charge is 0.483 e. The first-order valence-corrected chi connectivity index (χ1v) is 8.69. The molecule has 1 N–H and O–H groups in total. The Morgan fingerprint density at radius 3 is 2.60 bits per heavy atom. The molecule has 3 aromatic rings. The number of nitrogens with zero attached hydrogens (tertiary/aromatic N) is 1. The summed E-state index contributed by atoms with van der Waals surface area (Å²) >= 11 is 1.62. The number of carbonyl (C=O) groups excluding carboxylic acids is 1. The van der Waals surface area contributed by atoms with Gasteiger partial charge in [-0.1, -0.05) is 48.5 Å². The third-order valence-corrected chi connectivity index (χ3v) is 4.41. The number of ether oxygens (including phenoxy) is 1. The zero-order valence-corrected chi connectivity index (χ0v) is 14.6. The monoisotopic (exact) mass is 350 g/mol. The van der Waals surface area contributed by atoms with Crippen molar-refractivity contribution in [2.45, 2.75) is 6.92 Å². The Bertz CT molecular complexity index is 872. The molecule has 0 saturated heterocycles. The number of carbonyl (C=O) groups is 1. The predicted octanol–water partition coefficient (Wildman–Crippen LogP) is 4.25. The van der Waals surface area contributed by atoms with Gasteiger partial charge >= 0.3 is 0 Å². The van der Waals surface area contributed by atoms with Gasteiger partial charge in [-0.3, -0.25) is 4.79 Å². The van der Waals surface area contributed by atoms with E-state index >= 15 is 0 Å². The van der Waals surface area contributed by atoms with Crippen molar-refractivity contribution in [3.05, 3.63) is 76.5 Å². The molecule has 0 aliphatic heterocycles. The van der Waals surface area contributed by atoms with Crippen LogP contribution in [0.5, 0.6) is 5.75 Å². The number of hydrogen-bond acceptors (Lipinski definition) is 4. The molecule has 0 unspecified atom stereocenters. The third kappa shape index (κ3) is 4.78. The lowest BCUT2D eigenvalue weighted by molar-refractivity contribution is -0.123. The standard InChI is InChI=1S/C20H18N2O2S/c1-15-11-12-17(25-15)13-21-22-20(23)14-24-19-10-6-5-9-18(19)16-7-3-2-4-8-16/h2-13H,14H2,1H3,(H,22,23)/b21-13-. The summed E-state index contributed by atoms with van der Waals surface area (Å²) in [5, 5.41) is 3.95. The average molecular weight is 350 g/mol. The van der Waals surface area contributed by atoms with E-state index in [0.29, 0.717) is 5.75 Å². The molecule has 4 nitrogen and oxygen atoms in total. The number of rotatable bonds is 6. The van der Waals surface area contributed by atoms with E-state index in [2.05, 4.69) is 10.5 Å². The van der Waals surface area contributed by atoms with Crippen LogP contribution in [0.25, 0.3) is 11.1 Å². The molecular formula is C20H18N2O2S. The molecule has 0 aliphatic rings. The van der Waals surface area contributed by atoms with E-state index < -0.39 is 0 Å². The Balaban J connectivity index is 1.58. The second-order valence-electron chi connectivity index (χ2n) is 5.39. The molecule has 126 valence electrons. The molecule has 0 fully saturated rings. The van der Waals surface area contributed by atoms with Crippen LogP contribution in [0.3, 0.4) is 0 Å². The predicted molar refractivity (Wildman–Crippen MR) is 102 cm³/mol. The van der Waals surface area contributed by atoms with Crippen molar-refractivity contribution in [3.63, 3.8) is 0 Å². The van der Waals surface area contributed by atoms with Crippen molar-refractivity contribution < 1.29 is 9.53 Å². The van der Waals surface area contributed by atoms with E-state index in [1.165, 1.54) is 4.88 Å². The number of hydrazone groups is 1. The van der Waals surface area contributed by atoms with Crippen LogP contribution < -0.4 is 10.2 Å². The molecule has 5 heteroatoms. The molecule has 25 heavy (non-hydrogen) atoms. The minimum atomic E-state index is -0.299. The third-order valence-electron chi connectivity index (χ3n) is 3.47. The van der Waals surface area contributed by atoms with Crippen molar-refractivity contribution in [2.75, 3.05) is 6.61 Å². The van der Waals surface area contributed by atoms with Gasteiger partial charge in [0.15, 0.2) is 6.61 Å². The topological polar surface area (TPSA) is 50.7 Å². The van der Waals surface area contributed by atoms with Crippen LogP contribution in [0, 0.1) is 6.92 Å². The average Bonchev–Trinajstić information content (AvgIpc) is 3.06. The highest BCUT2D eigenvalue weighted by atomic mass is 32.1. The maximum atomic E-state index is 11.9. The van der Waals surface area contributed by atoms with Crippen molar-refractivity contribution in [1.29, 1.82) is 0 Å². The van der Waals surface area contributed by atoms with Crippen LogP contribution in [0.4, 0.5) is 0 Å². The Labute approximate surface area is 150 Å². The molecule has 3 rings (SSSR count). The Morgan fingerprint density at radius 1 is 1.08 bits per heavy atom. The van der Waals surface area contributed by atoms with Crippen LogP contribution in [-0.4, -0.2) is 18.7 Å². The second-order valence-corrected chi connectivity index (χ2v) is 6.71. The van der Waals surface area contributed by atoms with E-state index in [1.807, 2.05) is 73.7 Å². The van der Waals surface area contributed by atoms with E-state index in [9.17, 15) is 4.79 Å². The summed E-state index contributed by atoms with van der Waals surface area (Å²) in [7, 11) is 0. The van der Waals surface area contributed by atoms with Crippen molar-refractivity contribution in [3.8, 4) is 16.9 Å². The van der Waals surface area contributed by atoms with Gasteiger partial charge in [0.2, 0.25) is 0 Å². The number of aryl methyl sites for hydroxylation is 1. The van der Waals surface area contributed by atoms with Gasteiger partial charge in [0.1, 0.15) is 5.75 Å². The van der Waals surface area contributed by atoms with Crippen LogP contribution in [-0.2, 0) is 4.79 Å². The van der Waals surface area contributed by atoms with Crippen LogP contribution >= 0.6 is 11.3 Å². The maximum absolute atomic E-state index is 11.9. The molecule has 1 amide bonds. The van der Waals surface area contributed by atoms with Gasteiger partial charge in [-0.05, 0) is 30.7 Å². The summed E-state index contributed by atoms with van der Waals surface area (Å²) in [6.45, 7) is 1.93. The number of benzene rings is 2. The molecule has 0 atom stereocenters. The molecule has 0 saturated carbocycles. The van der Waals surface area contributed by atoms with Crippen molar-refractivity contribution in [2.24, 2.45) is 5.10 Å². The highest BCUT2D eigenvalue weighted by Gasteiger charge is 2.07. The Morgan fingerprint density at radius 2 is 1.84 bits per heavy atom. The van der Waals surface area contributed by atoms with Gasteiger partial charge in [-0.15, -0.1) is 11.3 Å². The number of nitrogens with one attached hydrogen (secondary N) is 1. The number of amides is 1. The van der Waals surface area contributed by atoms with Crippen LogP contribution in [0.2, 0.25) is 0 Å². The van der Waals surface area contributed by atoms with Gasteiger partial charge in [0.25, 0.3) is 5.91 Å². The molecule has 0 aliphatic carbocycles. The lowest BCUT2D eigenvalue weighted by Crippen LogP contribution is -2.24. The first-order valence-electron chi connectivity index (χ1n) is 7.88. The van der Waals surface area contributed by atoms with Crippen LogP contribution in [0.15, 0.2) is 71.8 Å². The fourth-order valence-corrected chi connectivity index (χ4v) is 3.06. The van der Waals surface area contributed by atoms with E-state index in [0.717, 1.165) is 16.0 Å². The Kier molecular flexibility index (Phi) is 5.59. The zero-order chi connectivity index (χ0) is 17.5. The number of thiophene rings is 1. The van der Waals surface area contributed by atoms with E-state index in [-0.39, 0.29) is 12.5 Å². The summed E-state index contributed by atoms with van der Waals surface area (Å²) < 4.78 is 5.68. The second kappa shape index (κ2) is 8.26. The Hall–Kier alpha value is -2.92. The summed E-state index contributed by atoms with van der Waals surface area (Å²) in [6, 6.07) is 21.6. The van der Waals surface area contributed by atoms with E-state index in [4.69, 9.17) is 4.74 Å². The fourth-order valence-electron chi connectivity index (χ4n) is 2.31. The smallest absolute Gasteiger partial charge is 0.277 e. The van der Waals surface area contributed by atoms with Gasteiger partial charge in [0.05, 0.1) is 6.21 Å². The molecule has 0 spiro atoms. The first-order chi connectivity index (χ1) is 12.2. The SMILES string of the molecule is Cc1ccc(/C=N\NC(=O)COc2ccccc2-c2ccccc2)s1. The number of hydrogen-bond donors (Lipinski definition) is 1. The lowest BCUT2D eigenvalue weighted by Gasteiger charge is -2.10. The molecular weight excluding hydrogens is 332 g/mol. The van der Waals surface area contributed by atoms with Crippen molar-refractivity contribution >= 4 is 23.5 Å². The first kappa shape index (κ1) is 16.9. The van der Waals surface area contributed by atoms with Crippen molar-refractivity contribution in [1.82, 2.24) is 5.43 Å². The zero-order valence-electron chi connectivity index (χ0n) is 13.8. The molecule has 0 bridgehead atoms. The highest BCUT2D eigenvalue weighted by Crippen LogP contribution is 2.29. The molecule has 2 aromatic carbocycles. The maximum Gasteiger partial charge on any atom is 0.277 e. The summed E-state index contributed by atoms with van der Waals surface area (Å²) in [6.07, 6.45) is 1.63. The highest BCUT2D eigenvalue weighted by molar-refractivity contribution is 7.13. The van der Waals surface area contributed by atoms with Gasteiger partial charge in [-0.2, -0.15) is 5.10 Å². The lowest BCUT2D eigenvalue weighted by atomic mass is 10.1. The van der Waals surface area contributed by atoms with Gasteiger partial charge in [0, 0.05) is 15.3 Å². The number of para-hydroxylation sites is 1. The minimum absolute atomic E-state index is 0.0926. The normalized spacial score (nSPS) is 10.8. The van der Waals surface area contributed by atoms with Gasteiger partial charge in [-0.25, -0.2) is 5.43 Å². The molecule has 0 radical (unpaired) electrons. The molecule has 1 heterocycles. The van der Waals surface area contributed by atoms with E-state index in [1.54, 1.807) is 17.6 Å².